The Kier molecular flexibility index (Phi) is 4.70. The number of fused-ring (bicyclic) bond motifs is 3. The van der Waals surface area contributed by atoms with E-state index in [4.69, 9.17) is 10.2 Å². The highest BCUT2D eigenvalue weighted by Crippen LogP contribution is 2.33. The number of H-pyrrole nitrogens is 1. The number of nitrogens with zero attached hydrogens (tertiary/aromatic N) is 6. The molecule has 0 aromatic carbocycles. The van der Waals surface area contributed by atoms with Gasteiger partial charge in [0.25, 0.3) is 0 Å². The second-order valence-corrected chi connectivity index (χ2v) is 7.65. The molecule has 0 bridgehead atoms. The standard InChI is InChI=1S/C22H23N7/c23-7-2-10-28-11-5-17(6-12-28)29-20(13-16-3-1-8-24-14-16)27-19-15-26-22-18(21(19)29)4-9-25-22/h1,3-4,8-9,14-15,17H,2,5-6,10-13H2,(H,25,26). The molecule has 1 saturated heterocycles. The molecular weight excluding hydrogens is 362 g/mol. The van der Waals surface area contributed by atoms with Gasteiger partial charge in [0.1, 0.15) is 17.0 Å². The number of hydrogen-bond donors (Lipinski definition) is 1. The number of aromatic amines is 1. The monoisotopic (exact) mass is 385 g/mol. The maximum atomic E-state index is 8.87. The molecule has 1 aliphatic rings. The summed E-state index contributed by atoms with van der Waals surface area (Å²) in [4.78, 5) is 19.4. The van der Waals surface area contributed by atoms with E-state index in [-0.39, 0.29) is 0 Å². The molecule has 0 aliphatic carbocycles. The lowest BCUT2D eigenvalue weighted by atomic mass is 10.0. The number of likely N-dealkylation sites (tertiary alicyclic amines) is 1. The zero-order valence-electron chi connectivity index (χ0n) is 16.3. The van der Waals surface area contributed by atoms with E-state index >= 15 is 0 Å². The van der Waals surface area contributed by atoms with E-state index in [0.717, 1.165) is 66.8 Å². The van der Waals surface area contributed by atoms with Crippen molar-refractivity contribution in [1.29, 1.82) is 5.26 Å². The minimum Gasteiger partial charge on any atom is -0.346 e. The summed E-state index contributed by atoms with van der Waals surface area (Å²) in [6.07, 6.45) is 11.0. The molecule has 7 nitrogen and oxygen atoms in total. The van der Waals surface area contributed by atoms with Gasteiger partial charge in [-0.05, 0) is 30.5 Å². The van der Waals surface area contributed by atoms with Crippen LogP contribution >= 0.6 is 0 Å². The Bertz CT molecular complexity index is 1160. The minimum atomic E-state index is 0.394. The van der Waals surface area contributed by atoms with Crippen molar-refractivity contribution in [3.63, 3.8) is 0 Å². The van der Waals surface area contributed by atoms with Crippen LogP contribution in [0, 0.1) is 11.3 Å². The summed E-state index contributed by atoms with van der Waals surface area (Å²) < 4.78 is 2.45. The third-order valence-corrected chi connectivity index (χ3v) is 5.85. The second-order valence-electron chi connectivity index (χ2n) is 7.65. The molecule has 146 valence electrons. The van der Waals surface area contributed by atoms with E-state index < -0.39 is 0 Å². The minimum absolute atomic E-state index is 0.394. The van der Waals surface area contributed by atoms with Crippen LogP contribution in [0.3, 0.4) is 0 Å². The molecule has 5 heterocycles. The van der Waals surface area contributed by atoms with Crippen LogP contribution in [0.4, 0.5) is 0 Å². The summed E-state index contributed by atoms with van der Waals surface area (Å²) in [7, 11) is 0. The van der Waals surface area contributed by atoms with E-state index in [1.807, 2.05) is 24.7 Å². The van der Waals surface area contributed by atoms with Crippen molar-refractivity contribution in [1.82, 2.24) is 29.4 Å². The summed E-state index contributed by atoms with van der Waals surface area (Å²) in [6, 6.07) is 8.82. The Balaban J connectivity index is 1.55. The van der Waals surface area contributed by atoms with Crippen LogP contribution in [0.2, 0.25) is 0 Å². The lowest BCUT2D eigenvalue weighted by molar-refractivity contribution is 0.190. The van der Waals surface area contributed by atoms with Crippen molar-refractivity contribution in [2.75, 3.05) is 19.6 Å². The third kappa shape index (κ3) is 3.36. The Morgan fingerprint density at radius 3 is 2.90 bits per heavy atom. The lowest BCUT2D eigenvalue weighted by Gasteiger charge is -2.33. The van der Waals surface area contributed by atoms with Gasteiger partial charge in [0, 0.05) is 62.5 Å². The predicted octanol–water partition coefficient (Wildman–Crippen LogP) is 3.45. The first-order valence-electron chi connectivity index (χ1n) is 10.1. The van der Waals surface area contributed by atoms with Crippen molar-refractivity contribution in [3.05, 3.63) is 54.4 Å². The number of rotatable bonds is 5. The molecule has 1 aliphatic heterocycles. The van der Waals surface area contributed by atoms with Crippen LogP contribution in [0.25, 0.3) is 22.1 Å². The van der Waals surface area contributed by atoms with Crippen molar-refractivity contribution >= 4 is 22.1 Å². The predicted molar refractivity (Wildman–Crippen MR) is 111 cm³/mol. The number of piperidine rings is 1. The highest BCUT2D eigenvalue weighted by Gasteiger charge is 2.25. The smallest absolute Gasteiger partial charge is 0.139 e. The molecule has 1 fully saturated rings. The number of imidazole rings is 1. The zero-order chi connectivity index (χ0) is 19.6. The average molecular weight is 385 g/mol. The summed E-state index contributed by atoms with van der Waals surface area (Å²) in [5.41, 5.74) is 4.18. The molecule has 5 rings (SSSR count). The molecule has 0 spiro atoms. The van der Waals surface area contributed by atoms with Gasteiger partial charge >= 0.3 is 0 Å². The SMILES string of the molecule is N#CCCN1CCC(n2c(Cc3cccnc3)nc3cnc4[nH]ccc4c32)CC1. The molecule has 4 aromatic rings. The van der Waals surface area contributed by atoms with Crippen LogP contribution in [0.5, 0.6) is 0 Å². The summed E-state index contributed by atoms with van der Waals surface area (Å²) in [5, 5.41) is 10.00. The number of aromatic nitrogens is 5. The molecule has 7 heteroatoms. The van der Waals surface area contributed by atoms with Gasteiger partial charge in [-0.2, -0.15) is 5.26 Å². The Hall–Kier alpha value is -3.24. The molecule has 0 unspecified atom stereocenters. The maximum Gasteiger partial charge on any atom is 0.139 e. The average Bonchev–Trinajstić information content (AvgIpc) is 3.37. The van der Waals surface area contributed by atoms with Crippen molar-refractivity contribution in [2.45, 2.75) is 31.7 Å². The van der Waals surface area contributed by atoms with Crippen molar-refractivity contribution in [2.24, 2.45) is 0 Å². The van der Waals surface area contributed by atoms with Gasteiger partial charge < -0.3 is 14.5 Å². The summed E-state index contributed by atoms with van der Waals surface area (Å²) >= 11 is 0. The van der Waals surface area contributed by atoms with Gasteiger partial charge in [-0.15, -0.1) is 0 Å². The van der Waals surface area contributed by atoms with E-state index in [0.29, 0.717) is 12.5 Å². The molecule has 0 radical (unpaired) electrons. The lowest BCUT2D eigenvalue weighted by Crippen LogP contribution is -2.35. The van der Waals surface area contributed by atoms with Crippen LogP contribution in [0.15, 0.2) is 43.0 Å². The van der Waals surface area contributed by atoms with Crippen LogP contribution in [-0.2, 0) is 6.42 Å². The van der Waals surface area contributed by atoms with E-state index in [1.165, 1.54) is 5.52 Å². The fraction of sp³-hybridized carbons (Fsp3) is 0.364. The normalized spacial score (nSPS) is 15.8. The zero-order valence-corrected chi connectivity index (χ0v) is 16.3. The molecular formula is C22H23N7. The van der Waals surface area contributed by atoms with Gasteiger partial charge in [0.2, 0.25) is 0 Å². The van der Waals surface area contributed by atoms with Crippen LogP contribution < -0.4 is 0 Å². The van der Waals surface area contributed by atoms with Gasteiger partial charge in [-0.1, -0.05) is 6.07 Å². The van der Waals surface area contributed by atoms with Gasteiger partial charge in [0.15, 0.2) is 0 Å². The maximum absolute atomic E-state index is 8.87. The summed E-state index contributed by atoms with van der Waals surface area (Å²) in [6.45, 7) is 2.89. The Morgan fingerprint density at radius 1 is 1.21 bits per heavy atom. The Labute approximate surface area is 169 Å². The fourth-order valence-corrected chi connectivity index (χ4v) is 4.45. The fourth-order valence-electron chi connectivity index (χ4n) is 4.45. The first-order chi connectivity index (χ1) is 14.3. The number of nitrogens with one attached hydrogen (secondary N) is 1. The first-order valence-corrected chi connectivity index (χ1v) is 10.1. The quantitative estimate of drug-likeness (QED) is 0.569. The molecule has 4 aromatic heterocycles. The highest BCUT2D eigenvalue weighted by atomic mass is 15.2. The molecule has 0 saturated carbocycles. The number of hydrogen-bond acceptors (Lipinski definition) is 5. The Morgan fingerprint density at radius 2 is 2.10 bits per heavy atom. The van der Waals surface area contributed by atoms with Crippen LogP contribution in [-0.4, -0.2) is 49.0 Å². The summed E-state index contributed by atoms with van der Waals surface area (Å²) in [5.74, 6) is 1.07. The van der Waals surface area contributed by atoms with Gasteiger partial charge in [-0.3, -0.25) is 4.98 Å². The first kappa shape index (κ1) is 17.8. The molecule has 0 atom stereocenters. The van der Waals surface area contributed by atoms with Gasteiger partial charge in [-0.25, -0.2) is 9.97 Å². The van der Waals surface area contributed by atoms with Gasteiger partial charge in [0.05, 0.1) is 17.8 Å². The second kappa shape index (κ2) is 7.64. The third-order valence-electron chi connectivity index (χ3n) is 5.85. The van der Waals surface area contributed by atoms with Crippen molar-refractivity contribution < 1.29 is 0 Å². The van der Waals surface area contributed by atoms with Crippen LogP contribution in [0.1, 0.15) is 36.7 Å². The number of nitriles is 1. The van der Waals surface area contributed by atoms with E-state index in [1.54, 1.807) is 6.20 Å². The van der Waals surface area contributed by atoms with Crippen molar-refractivity contribution in [3.8, 4) is 6.07 Å². The highest BCUT2D eigenvalue weighted by molar-refractivity contribution is 6.01. The van der Waals surface area contributed by atoms with E-state index in [9.17, 15) is 0 Å². The van der Waals surface area contributed by atoms with E-state index in [2.05, 4.69) is 42.6 Å². The largest absolute Gasteiger partial charge is 0.346 e. The molecule has 0 amide bonds. The molecule has 1 N–H and O–H groups in total. The molecule has 29 heavy (non-hydrogen) atoms. The topological polar surface area (TPSA) is 86.4 Å². The number of pyridine rings is 2.